The van der Waals surface area contributed by atoms with E-state index < -0.39 is 16.1 Å². The number of nitrogens with zero attached hydrogens (tertiary/aromatic N) is 2. The van der Waals surface area contributed by atoms with E-state index in [0.717, 1.165) is 10.6 Å². The Morgan fingerprint density at radius 2 is 1.66 bits per heavy atom. The van der Waals surface area contributed by atoms with Gasteiger partial charge in [-0.3, -0.25) is 13.9 Å². The topological polar surface area (TPSA) is 86.8 Å². The fraction of sp³-hybridized carbons (Fsp3) is 0.391. The van der Waals surface area contributed by atoms with Crippen molar-refractivity contribution in [3.63, 3.8) is 0 Å². The highest BCUT2D eigenvalue weighted by atomic mass is 35.5. The lowest BCUT2D eigenvalue weighted by Crippen LogP contribution is -2.47. The van der Waals surface area contributed by atoms with Gasteiger partial charge in [0.1, 0.15) is 6.04 Å². The van der Waals surface area contributed by atoms with Crippen molar-refractivity contribution in [2.75, 3.05) is 23.7 Å². The van der Waals surface area contributed by atoms with Crippen molar-refractivity contribution in [1.82, 2.24) is 10.2 Å². The Kier molecular flexibility index (Phi) is 11.0. The molecule has 35 heavy (non-hydrogen) atoms. The Morgan fingerprint density at radius 1 is 1.00 bits per heavy atom. The molecule has 0 saturated heterocycles. The summed E-state index contributed by atoms with van der Waals surface area (Å²) in [6.45, 7) is 3.97. The van der Waals surface area contributed by atoms with Gasteiger partial charge in [0.15, 0.2) is 0 Å². The number of halogens is 4. The van der Waals surface area contributed by atoms with Gasteiger partial charge in [-0.25, -0.2) is 8.42 Å². The minimum absolute atomic E-state index is 0.000780. The number of carbonyl (C=O) groups excluding carboxylic acids is 2. The molecule has 0 spiro atoms. The number of rotatable bonds is 11. The second-order valence-electron chi connectivity index (χ2n) is 7.88. The maximum absolute atomic E-state index is 13.2. The molecule has 0 aliphatic carbocycles. The van der Waals surface area contributed by atoms with Crippen LogP contribution in [-0.2, 0) is 26.2 Å². The van der Waals surface area contributed by atoms with E-state index in [0.29, 0.717) is 27.2 Å². The fourth-order valence-corrected chi connectivity index (χ4v) is 5.12. The lowest BCUT2D eigenvalue weighted by molar-refractivity contribution is -0.140. The summed E-state index contributed by atoms with van der Waals surface area (Å²) < 4.78 is 26.0. The molecule has 2 aromatic carbocycles. The SMILES string of the molecule is CCNC(=O)[C@H](C)N(Cc1ccc(Cl)c(Cl)c1)C(=O)CCCN(c1cc(Cl)ccc1Cl)S(C)(=O)=O. The van der Waals surface area contributed by atoms with Crippen molar-refractivity contribution in [2.45, 2.75) is 39.3 Å². The molecule has 0 bridgehead atoms. The Hall–Kier alpha value is -1.71. The van der Waals surface area contributed by atoms with Gasteiger partial charge >= 0.3 is 0 Å². The number of nitrogens with one attached hydrogen (secondary N) is 1. The summed E-state index contributed by atoms with van der Waals surface area (Å²) in [4.78, 5) is 27.1. The molecule has 2 amide bonds. The van der Waals surface area contributed by atoms with Gasteiger partial charge in [-0.05, 0) is 56.2 Å². The van der Waals surface area contributed by atoms with Gasteiger partial charge in [0.2, 0.25) is 21.8 Å². The number of hydrogen-bond acceptors (Lipinski definition) is 4. The van der Waals surface area contributed by atoms with Gasteiger partial charge in [0.25, 0.3) is 0 Å². The normalized spacial score (nSPS) is 12.2. The van der Waals surface area contributed by atoms with Crippen molar-refractivity contribution in [3.8, 4) is 0 Å². The second-order valence-corrected chi connectivity index (χ2v) is 11.4. The molecule has 7 nitrogen and oxygen atoms in total. The summed E-state index contributed by atoms with van der Waals surface area (Å²) in [5.41, 5.74) is 0.935. The molecule has 0 aromatic heterocycles. The largest absolute Gasteiger partial charge is 0.355 e. The van der Waals surface area contributed by atoms with Gasteiger partial charge < -0.3 is 10.2 Å². The Labute approximate surface area is 226 Å². The van der Waals surface area contributed by atoms with E-state index in [2.05, 4.69) is 5.32 Å². The van der Waals surface area contributed by atoms with E-state index in [9.17, 15) is 18.0 Å². The first-order valence-electron chi connectivity index (χ1n) is 10.8. The molecular weight excluding hydrogens is 556 g/mol. The molecule has 0 radical (unpaired) electrons. The lowest BCUT2D eigenvalue weighted by atomic mass is 10.1. The monoisotopic (exact) mass is 581 g/mol. The smallest absolute Gasteiger partial charge is 0.242 e. The summed E-state index contributed by atoms with van der Waals surface area (Å²) >= 11 is 24.3. The zero-order valence-electron chi connectivity index (χ0n) is 19.5. The fourth-order valence-electron chi connectivity index (χ4n) is 3.40. The maximum Gasteiger partial charge on any atom is 0.242 e. The average molecular weight is 583 g/mol. The predicted molar refractivity (Wildman–Crippen MR) is 143 cm³/mol. The molecule has 0 heterocycles. The van der Waals surface area contributed by atoms with E-state index in [1.165, 1.54) is 17.0 Å². The summed E-state index contributed by atoms with van der Waals surface area (Å²) in [7, 11) is -3.70. The van der Waals surface area contributed by atoms with Crippen LogP contribution >= 0.6 is 46.4 Å². The molecule has 0 fully saturated rings. The van der Waals surface area contributed by atoms with E-state index in [1.807, 2.05) is 0 Å². The van der Waals surface area contributed by atoms with Crippen molar-refractivity contribution in [3.05, 3.63) is 62.1 Å². The third kappa shape index (κ3) is 8.43. The van der Waals surface area contributed by atoms with Crippen molar-refractivity contribution in [2.24, 2.45) is 0 Å². The number of amides is 2. The number of benzene rings is 2. The van der Waals surface area contributed by atoms with Crippen LogP contribution in [0.15, 0.2) is 36.4 Å². The minimum Gasteiger partial charge on any atom is -0.355 e. The third-order valence-electron chi connectivity index (χ3n) is 5.18. The Balaban J connectivity index is 2.21. The third-order valence-corrected chi connectivity index (χ3v) is 7.66. The van der Waals surface area contributed by atoms with Crippen molar-refractivity contribution >= 4 is 73.9 Å². The van der Waals surface area contributed by atoms with Gasteiger partial charge in [0.05, 0.1) is 27.0 Å². The van der Waals surface area contributed by atoms with Crippen LogP contribution in [-0.4, -0.2) is 50.5 Å². The van der Waals surface area contributed by atoms with Gasteiger partial charge in [-0.15, -0.1) is 0 Å². The highest BCUT2D eigenvalue weighted by molar-refractivity contribution is 7.92. The summed E-state index contributed by atoms with van der Waals surface area (Å²) in [5.74, 6) is -0.621. The van der Waals surface area contributed by atoms with Crippen molar-refractivity contribution in [1.29, 1.82) is 0 Å². The predicted octanol–water partition coefficient (Wildman–Crippen LogP) is 5.40. The average Bonchev–Trinajstić information content (AvgIpc) is 2.78. The van der Waals surface area contributed by atoms with Crippen LogP contribution in [0, 0.1) is 0 Å². The summed E-state index contributed by atoms with van der Waals surface area (Å²) in [6.07, 6.45) is 1.24. The number of hydrogen-bond donors (Lipinski definition) is 1. The highest BCUT2D eigenvalue weighted by Crippen LogP contribution is 2.31. The molecule has 0 unspecified atom stereocenters. The van der Waals surface area contributed by atoms with Gasteiger partial charge in [-0.1, -0.05) is 52.5 Å². The molecule has 0 aliphatic heterocycles. The first-order valence-corrected chi connectivity index (χ1v) is 14.1. The molecular formula is C23H27Cl4N3O4S. The molecule has 0 saturated carbocycles. The second kappa shape index (κ2) is 13.0. The van der Waals surface area contributed by atoms with Crippen LogP contribution in [0.2, 0.25) is 20.1 Å². The zero-order chi connectivity index (χ0) is 26.3. The highest BCUT2D eigenvalue weighted by Gasteiger charge is 2.27. The molecule has 0 aliphatic rings. The van der Waals surface area contributed by atoms with Crippen LogP contribution in [0.3, 0.4) is 0 Å². The molecule has 1 atom stereocenters. The molecule has 2 rings (SSSR count). The standard InChI is InChI=1S/C23H27Cl4N3O4S/c1-4-28-23(32)15(2)29(14-16-7-9-18(25)20(27)12-16)22(31)6-5-11-30(35(3,33)34)21-13-17(24)8-10-19(21)26/h7-10,12-13,15H,4-6,11,14H2,1-3H3,(H,28,32)/t15-/m0/s1. The number of sulfonamides is 1. The molecule has 192 valence electrons. The van der Waals surface area contributed by atoms with Crippen LogP contribution < -0.4 is 9.62 Å². The number of likely N-dealkylation sites (N-methyl/N-ethyl adjacent to an activating group) is 1. The van der Waals surface area contributed by atoms with Crippen molar-refractivity contribution < 1.29 is 18.0 Å². The van der Waals surface area contributed by atoms with Crippen LogP contribution in [0.5, 0.6) is 0 Å². The molecule has 12 heteroatoms. The van der Waals surface area contributed by atoms with E-state index >= 15 is 0 Å². The van der Waals surface area contributed by atoms with Crippen LogP contribution in [0.4, 0.5) is 5.69 Å². The summed E-state index contributed by atoms with van der Waals surface area (Å²) in [5, 5.41) is 3.99. The Morgan fingerprint density at radius 3 is 2.26 bits per heavy atom. The molecule has 2 aromatic rings. The van der Waals surface area contributed by atoms with Gasteiger partial charge in [-0.2, -0.15) is 0 Å². The first kappa shape index (κ1) is 29.5. The van der Waals surface area contributed by atoms with E-state index in [1.54, 1.807) is 38.1 Å². The lowest BCUT2D eigenvalue weighted by Gasteiger charge is -2.29. The maximum atomic E-state index is 13.2. The van der Waals surface area contributed by atoms with Gasteiger partial charge in [0, 0.05) is 31.1 Å². The van der Waals surface area contributed by atoms with Crippen LogP contribution in [0.1, 0.15) is 32.3 Å². The number of carbonyl (C=O) groups is 2. The first-order chi connectivity index (χ1) is 16.3. The number of anilines is 1. The van der Waals surface area contributed by atoms with Crippen LogP contribution in [0.25, 0.3) is 0 Å². The molecule has 1 N–H and O–H groups in total. The minimum atomic E-state index is -3.70. The van der Waals surface area contributed by atoms with E-state index in [4.69, 9.17) is 46.4 Å². The van der Waals surface area contributed by atoms with E-state index in [-0.39, 0.29) is 48.5 Å². The Bertz CT molecular complexity index is 1180. The zero-order valence-corrected chi connectivity index (χ0v) is 23.4. The quantitative estimate of drug-likeness (QED) is 0.384. The summed E-state index contributed by atoms with van der Waals surface area (Å²) in [6, 6.07) is 8.76.